The van der Waals surface area contributed by atoms with E-state index in [1.807, 2.05) is 38.2 Å². The average Bonchev–Trinajstić information content (AvgIpc) is 2.64. The van der Waals surface area contributed by atoms with E-state index in [4.69, 9.17) is 0 Å². The van der Waals surface area contributed by atoms with Gasteiger partial charge < -0.3 is 5.32 Å². The number of benzene rings is 1. The molecule has 1 heterocycles. The third-order valence-electron chi connectivity index (χ3n) is 3.61. The van der Waals surface area contributed by atoms with Gasteiger partial charge in [-0.3, -0.25) is 4.31 Å². The molecule has 0 fully saturated rings. The van der Waals surface area contributed by atoms with E-state index < -0.39 is 10.2 Å². The van der Waals surface area contributed by atoms with Crippen LogP contribution in [0, 0.1) is 0 Å². The van der Waals surface area contributed by atoms with Crippen LogP contribution in [-0.2, 0) is 10.2 Å². The Labute approximate surface area is 121 Å². The number of hydrogen-bond acceptors (Lipinski definition) is 3. The molecule has 0 bridgehead atoms. The molecular formula is C14H23N3O2S. The standard InChI is InChI=1S/C14H23N3O2S/c1-3-10-16-20(18,19)17-11-6-8-13(15-2)12-7-4-5-9-14(12)17/h4-5,7,9,13,15-16H,3,6,8,10-11H2,1-2H3. The van der Waals surface area contributed by atoms with Gasteiger partial charge in [0, 0.05) is 19.1 Å². The highest BCUT2D eigenvalue weighted by atomic mass is 32.2. The molecule has 20 heavy (non-hydrogen) atoms. The Balaban J connectivity index is 2.39. The number of anilines is 1. The van der Waals surface area contributed by atoms with Gasteiger partial charge in [-0.25, -0.2) is 0 Å². The van der Waals surface area contributed by atoms with Crippen molar-refractivity contribution in [2.24, 2.45) is 0 Å². The van der Waals surface area contributed by atoms with E-state index in [2.05, 4.69) is 10.0 Å². The summed E-state index contributed by atoms with van der Waals surface area (Å²) < 4.78 is 29.1. The van der Waals surface area contributed by atoms with Crippen LogP contribution in [-0.4, -0.2) is 28.6 Å². The summed E-state index contributed by atoms with van der Waals surface area (Å²) in [6.45, 7) is 2.95. The van der Waals surface area contributed by atoms with E-state index in [9.17, 15) is 8.42 Å². The zero-order valence-electron chi connectivity index (χ0n) is 12.1. The molecule has 1 atom stereocenters. The zero-order valence-corrected chi connectivity index (χ0v) is 12.9. The Hall–Kier alpha value is -1.11. The SMILES string of the molecule is CCCNS(=O)(=O)N1CCCC(NC)c2ccccc21. The highest BCUT2D eigenvalue weighted by molar-refractivity contribution is 7.90. The smallest absolute Gasteiger partial charge is 0.301 e. The fourth-order valence-electron chi connectivity index (χ4n) is 2.58. The molecule has 2 rings (SSSR count). The largest absolute Gasteiger partial charge is 0.313 e. The van der Waals surface area contributed by atoms with Gasteiger partial charge in [0.2, 0.25) is 0 Å². The average molecular weight is 297 g/mol. The Morgan fingerprint density at radius 3 is 2.80 bits per heavy atom. The molecule has 2 N–H and O–H groups in total. The molecule has 1 aromatic carbocycles. The number of hydrogen-bond donors (Lipinski definition) is 2. The molecule has 0 aliphatic carbocycles. The second-order valence-electron chi connectivity index (χ2n) is 5.01. The highest BCUT2D eigenvalue weighted by Crippen LogP contribution is 2.33. The molecule has 1 unspecified atom stereocenters. The third kappa shape index (κ3) is 3.13. The van der Waals surface area contributed by atoms with Crippen LogP contribution in [0.1, 0.15) is 37.8 Å². The van der Waals surface area contributed by atoms with Crippen LogP contribution < -0.4 is 14.3 Å². The van der Waals surface area contributed by atoms with Crippen LogP contribution in [0.3, 0.4) is 0 Å². The fourth-order valence-corrected chi connectivity index (χ4v) is 4.00. The molecule has 0 amide bonds. The van der Waals surface area contributed by atoms with E-state index in [0.717, 1.165) is 30.5 Å². The summed E-state index contributed by atoms with van der Waals surface area (Å²) in [4.78, 5) is 0. The molecular weight excluding hydrogens is 274 g/mol. The number of para-hydroxylation sites is 1. The van der Waals surface area contributed by atoms with E-state index in [-0.39, 0.29) is 6.04 Å². The molecule has 6 heteroatoms. The van der Waals surface area contributed by atoms with Crippen molar-refractivity contribution in [2.45, 2.75) is 32.2 Å². The lowest BCUT2D eigenvalue weighted by molar-refractivity contribution is 0.541. The van der Waals surface area contributed by atoms with Crippen molar-refractivity contribution < 1.29 is 8.42 Å². The second kappa shape index (κ2) is 6.56. The minimum Gasteiger partial charge on any atom is -0.313 e. The van der Waals surface area contributed by atoms with Gasteiger partial charge in [-0.05, 0) is 37.9 Å². The minimum absolute atomic E-state index is 0.206. The van der Waals surface area contributed by atoms with Gasteiger partial charge in [0.1, 0.15) is 0 Å². The first kappa shape index (κ1) is 15.3. The lowest BCUT2D eigenvalue weighted by Gasteiger charge is -2.25. The number of nitrogens with one attached hydrogen (secondary N) is 2. The van der Waals surface area contributed by atoms with Gasteiger partial charge in [-0.15, -0.1) is 0 Å². The Kier molecular flexibility index (Phi) is 5.01. The van der Waals surface area contributed by atoms with E-state index >= 15 is 0 Å². The van der Waals surface area contributed by atoms with E-state index in [0.29, 0.717) is 13.1 Å². The summed E-state index contributed by atoms with van der Waals surface area (Å²) in [5.74, 6) is 0. The quantitative estimate of drug-likeness (QED) is 0.871. The van der Waals surface area contributed by atoms with Gasteiger partial charge in [0.05, 0.1) is 5.69 Å². The maximum absolute atomic E-state index is 12.4. The van der Waals surface area contributed by atoms with E-state index in [1.165, 1.54) is 4.31 Å². The molecule has 1 aliphatic heterocycles. The van der Waals surface area contributed by atoms with Crippen molar-refractivity contribution >= 4 is 15.9 Å². The van der Waals surface area contributed by atoms with Crippen LogP contribution in [0.5, 0.6) is 0 Å². The number of nitrogens with zero attached hydrogens (tertiary/aromatic N) is 1. The predicted molar refractivity (Wildman–Crippen MR) is 82.0 cm³/mol. The van der Waals surface area contributed by atoms with Gasteiger partial charge in [0.15, 0.2) is 0 Å². The lowest BCUT2D eigenvalue weighted by atomic mass is 10.0. The van der Waals surface area contributed by atoms with Gasteiger partial charge >= 0.3 is 10.2 Å². The Morgan fingerprint density at radius 2 is 2.10 bits per heavy atom. The van der Waals surface area contributed by atoms with Crippen LogP contribution in [0.25, 0.3) is 0 Å². The highest BCUT2D eigenvalue weighted by Gasteiger charge is 2.28. The first-order chi connectivity index (χ1) is 9.60. The van der Waals surface area contributed by atoms with Crippen LogP contribution in [0.2, 0.25) is 0 Å². The number of fused-ring (bicyclic) bond motifs is 1. The van der Waals surface area contributed by atoms with Crippen molar-refractivity contribution in [3.05, 3.63) is 29.8 Å². The second-order valence-corrected chi connectivity index (χ2v) is 6.69. The predicted octanol–water partition coefficient (Wildman–Crippen LogP) is 1.79. The third-order valence-corrected chi connectivity index (χ3v) is 5.14. The summed E-state index contributed by atoms with van der Waals surface area (Å²) in [5, 5.41) is 3.27. The molecule has 0 aromatic heterocycles. The summed E-state index contributed by atoms with van der Waals surface area (Å²) in [6, 6.07) is 7.94. The zero-order chi connectivity index (χ0) is 14.6. The molecule has 112 valence electrons. The molecule has 5 nitrogen and oxygen atoms in total. The van der Waals surface area contributed by atoms with E-state index in [1.54, 1.807) is 0 Å². The lowest BCUT2D eigenvalue weighted by Crippen LogP contribution is -2.41. The Morgan fingerprint density at radius 1 is 1.35 bits per heavy atom. The summed E-state index contributed by atoms with van der Waals surface area (Å²) >= 11 is 0. The first-order valence-corrected chi connectivity index (χ1v) is 8.57. The van der Waals surface area contributed by atoms with Gasteiger partial charge in [-0.1, -0.05) is 25.1 Å². The molecule has 1 aromatic rings. The monoisotopic (exact) mass is 297 g/mol. The van der Waals surface area contributed by atoms with Crippen molar-refractivity contribution in [2.75, 3.05) is 24.4 Å². The van der Waals surface area contributed by atoms with Gasteiger partial charge in [-0.2, -0.15) is 13.1 Å². The van der Waals surface area contributed by atoms with Crippen molar-refractivity contribution in [1.29, 1.82) is 0 Å². The first-order valence-electron chi connectivity index (χ1n) is 7.13. The molecule has 0 spiro atoms. The van der Waals surface area contributed by atoms with Gasteiger partial charge in [0.25, 0.3) is 0 Å². The topological polar surface area (TPSA) is 61.4 Å². The van der Waals surface area contributed by atoms with Crippen LogP contribution in [0.15, 0.2) is 24.3 Å². The van der Waals surface area contributed by atoms with Crippen molar-refractivity contribution in [3.63, 3.8) is 0 Å². The Bertz CT molecular complexity index is 545. The molecule has 1 aliphatic rings. The van der Waals surface area contributed by atoms with Crippen molar-refractivity contribution in [3.8, 4) is 0 Å². The molecule has 0 saturated heterocycles. The maximum Gasteiger partial charge on any atom is 0.301 e. The summed E-state index contributed by atoms with van der Waals surface area (Å²) in [6.07, 6.45) is 2.56. The number of rotatable bonds is 5. The van der Waals surface area contributed by atoms with Crippen LogP contribution >= 0.6 is 0 Å². The minimum atomic E-state index is -3.46. The fraction of sp³-hybridized carbons (Fsp3) is 0.571. The molecule has 0 saturated carbocycles. The summed E-state index contributed by atoms with van der Waals surface area (Å²) in [7, 11) is -1.54. The normalized spacial score (nSPS) is 19.5. The van der Waals surface area contributed by atoms with Crippen LogP contribution in [0.4, 0.5) is 5.69 Å². The maximum atomic E-state index is 12.4. The molecule has 0 radical (unpaired) electrons. The van der Waals surface area contributed by atoms with Crippen molar-refractivity contribution in [1.82, 2.24) is 10.0 Å². The summed E-state index contributed by atoms with van der Waals surface area (Å²) in [5.41, 5.74) is 1.84.